The number of rotatable bonds is 5. The van der Waals surface area contributed by atoms with Gasteiger partial charge >= 0.3 is 5.97 Å². The Hall–Kier alpha value is -3.75. The van der Waals surface area contributed by atoms with Crippen LogP contribution in [0.25, 0.3) is 0 Å². The third-order valence-corrected chi connectivity index (χ3v) is 5.09. The van der Waals surface area contributed by atoms with Crippen LogP contribution in [0.4, 0.5) is 11.5 Å². The van der Waals surface area contributed by atoms with Gasteiger partial charge in [-0.1, -0.05) is 35.3 Å². The fourth-order valence-corrected chi connectivity index (χ4v) is 3.39. The van der Waals surface area contributed by atoms with E-state index in [1.807, 2.05) is 0 Å². The van der Waals surface area contributed by atoms with Gasteiger partial charge in [-0.3, -0.25) is 14.4 Å². The van der Waals surface area contributed by atoms with Crippen LogP contribution >= 0.6 is 23.2 Å². The third kappa shape index (κ3) is 4.18. The van der Waals surface area contributed by atoms with Crippen LogP contribution in [0.1, 0.15) is 31.1 Å². The molecule has 1 aliphatic rings. The van der Waals surface area contributed by atoms with Gasteiger partial charge in [-0.25, -0.2) is 14.7 Å². The van der Waals surface area contributed by atoms with E-state index < -0.39 is 30.3 Å². The van der Waals surface area contributed by atoms with Crippen molar-refractivity contribution in [1.29, 1.82) is 0 Å². The molecule has 0 aliphatic carbocycles. The normalized spacial score (nSPS) is 12.5. The SMILES string of the molecule is O=C(COC(=O)c1ccc2c(c1)C(=O)N(c1ccccc1Cl)C2=O)Nc1ccc(Cl)cn1. The minimum Gasteiger partial charge on any atom is -0.452 e. The van der Waals surface area contributed by atoms with Gasteiger partial charge in [0.2, 0.25) is 0 Å². The number of ether oxygens (including phenoxy) is 1. The third-order valence-electron chi connectivity index (χ3n) is 4.54. The van der Waals surface area contributed by atoms with E-state index in [0.29, 0.717) is 5.02 Å². The van der Waals surface area contributed by atoms with Gasteiger partial charge in [0.15, 0.2) is 6.61 Å². The number of carbonyl (C=O) groups excluding carboxylic acids is 4. The summed E-state index contributed by atoms with van der Waals surface area (Å²) in [5, 5.41) is 3.10. The highest BCUT2D eigenvalue weighted by Crippen LogP contribution is 2.33. The van der Waals surface area contributed by atoms with Gasteiger partial charge in [-0.05, 0) is 42.5 Å². The summed E-state index contributed by atoms with van der Waals surface area (Å²) < 4.78 is 5.00. The fourth-order valence-electron chi connectivity index (χ4n) is 3.06. The van der Waals surface area contributed by atoms with Crippen LogP contribution in [-0.4, -0.2) is 35.3 Å². The lowest BCUT2D eigenvalue weighted by Crippen LogP contribution is -2.29. The maximum Gasteiger partial charge on any atom is 0.338 e. The van der Waals surface area contributed by atoms with E-state index in [2.05, 4.69) is 10.3 Å². The molecule has 1 aromatic heterocycles. The van der Waals surface area contributed by atoms with Gasteiger partial charge in [0.25, 0.3) is 17.7 Å². The molecule has 10 heteroatoms. The molecule has 0 saturated carbocycles. The predicted molar refractivity (Wildman–Crippen MR) is 117 cm³/mol. The van der Waals surface area contributed by atoms with Gasteiger partial charge in [-0.15, -0.1) is 0 Å². The molecule has 0 spiro atoms. The number of hydrogen-bond donors (Lipinski definition) is 1. The Kier molecular flexibility index (Phi) is 5.89. The molecule has 32 heavy (non-hydrogen) atoms. The Balaban J connectivity index is 1.46. The summed E-state index contributed by atoms with van der Waals surface area (Å²) in [5.41, 5.74) is 0.442. The first-order valence-corrected chi connectivity index (χ1v) is 9.96. The maximum atomic E-state index is 12.8. The fraction of sp³-hybridized carbons (Fsp3) is 0.0455. The molecule has 0 bridgehead atoms. The molecule has 160 valence electrons. The Bertz CT molecular complexity index is 1260. The van der Waals surface area contributed by atoms with Gasteiger partial charge in [0, 0.05) is 6.20 Å². The van der Waals surface area contributed by atoms with Crippen LogP contribution in [0.15, 0.2) is 60.8 Å². The van der Waals surface area contributed by atoms with Gasteiger partial charge in [-0.2, -0.15) is 0 Å². The number of aromatic nitrogens is 1. The highest BCUT2D eigenvalue weighted by molar-refractivity contribution is 6.39. The number of amides is 3. The highest BCUT2D eigenvalue weighted by Gasteiger charge is 2.38. The van der Waals surface area contributed by atoms with Crippen LogP contribution in [0.2, 0.25) is 10.0 Å². The molecule has 1 N–H and O–H groups in total. The van der Waals surface area contributed by atoms with Gasteiger partial charge in [0.1, 0.15) is 5.82 Å². The van der Waals surface area contributed by atoms with Gasteiger partial charge in [0.05, 0.1) is 32.4 Å². The Morgan fingerprint density at radius 1 is 0.969 bits per heavy atom. The number of nitrogens with zero attached hydrogens (tertiary/aromatic N) is 2. The minimum absolute atomic E-state index is 0.0170. The Morgan fingerprint density at radius 3 is 2.44 bits per heavy atom. The highest BCUT2D eigenvalue weighted by atomic mass is 35.5. The van der Waals surface area contributed by atoms with Crippen molar-refractivity contribution in [2.24, 2.45) is 0 Å². The number of hydrogen-bond acceptors (Lipinski definition) is 6. The van der Waals surface area contributed by atoms with E-state index in [-0.39, 0.29) is 33.2 Å². The number of carbonyl (C=O) groups is 4. The average Bonchev–Trinajstić information content (AvgIpc) is 3.03. The first-order chi connectivity index (χ1) is 15.3. The second-order valence-corrected chi connectivity index (χ2v) is 7.49. The molecule has 0 saturated heterocycles. The maximum absolute atomic E-state index is 12.8. The molecule has 3 aromatic rings. The van der Waals surface area contributed by atoms with Crippen molar-refractivity contribution in [3.8, 4) is 0 Å². The number of imide groups is 1. The van der Waals surface area contributed by atoms with Crippen molar-refractivity contribution in [2.45, 2.75) is 0 Å². The zero-order chi connectivity index (χ0) is 22.8. The zero-order valence-electron chi connectivity index (χ0n) is 16.2. The second-order valence-electron chi connectivity index (χ2n) is 6.64. The average molecular weight is 470 g/mol. The summed E-state index contributed by atoms with van der Waals surface area (Å²) >= 11 is 11.9. The van der Waals surface area contributed by atoms with E-state index in [1.54, 1.807) is 30.3 Å². The topological polar surface area (TPSA) is 106 Å². The number of para-hydroxylation sites is 1. The lowest BCUT2D eigenvalue weighted by atomic mass is 10.1. The molecule has 0 unspecified atom stereocenters. The lowest BCUT2D eigenvalue weighted by molar-refractivity contribution is -0.119. The van der Waals surface area contributed by atoms with Crippen LogP contribution in [0.5, 0.6) is 0 Å². The molecule has 0 fully saturated rings. The standard InChI is InChI=1S/C22H13Cl2N3O5/c23-13-6-8-18(25-10-13)26-19(28)11-32-22(31)12-5-7-14-15(9-12)21(30)27(20(14)29)17-4-2-1-3-16(17)24/h1-10H,11H2,(H,25,26,28). The first-order valence-electron chi connectivity index (χ1n) is 9.21. The summed E-state index contributed by atoms with van der Waals surface area (Å²) in [7, 11) is 0. The van der Waals surface area contributed by atoms with E-state index in [1.165, 1.54) is 30.5 Å². The van der Waals surface area contributed by atoms with Crippen molar-refractivity contribution >= 4 is 58.4 Å². The van der Waals surface area contributed by atoms with E-state index >= 15 is 0 Å². The van der Waals surface area contributed by atoms with Crippen molar-refractivity contribution in [2.75, 3.05) is 16.8 Å². The van der Waals surface area contributed by atoms with E-state index in [4.69, 9.17) is 27.9 Å². The number of halogens is 2. The number of benzene rings is 2. The summed E-state index contributed by atoms with van der Waals surface area (Å²) in [6.45, 7) is -0.571. The summed E-state index contributed by atoms with van der Waals surface area (Å²) in [5.74, 6) is -2.35. The lowest BCUT2D eigenvalue weighted by Gasteiger charge is -2.15. The monoisotopic (exact) mass is 469 g/mol. The van der Waals surface area contributed by atoms with Crippen LogP contribution in [-0.2, 0) is 9.53 Å². The molecular weight excluding hydrogens is 457 g/mol. The number of pyridine rings is 1. The van der Waals surface area contributed by atoms with Crippen LogP contribution < -0.4 is 10.2 Å². The molecular formula is C22H13Cl2N3O5. The molecule has 2 aromatic carbocycles. The number of nitrogens with one attached hydrogen (secondary N) is 1. The summed E-state index contributed by atoms with van der Waals surface area (Å²) in [6, 6.07) is 13.5. The van der Waals surface area contributed by atoms with Crippen molar-refractivity contribution in [3.05, 3.63) is 87.5 Å². The summed E-state index contributed by atoms with van der Waals surface area (Å²) in [4.78, 5) is 54.8. The quantitative estimate of drug-likeness (QED) is 0.447. The molecule has 0 atom stereocenters. The second kappa shape index (κ2) is 8.78. The number of fused-ring (bicyclic) bond motifs is 1. The zero-order valence-corrected chi connectivity index (χ0v) is 17.7. The molecule has 2 heterocycles. The Labute approximate surface area is 191 Å². The smallest absolute Gasteiger partial charge is 0.338 e. The van der Waals surface area contributed by atoms with Crippen LogP contribution in [0, 0.1) is 0 Å². The number of esters is 1. The van der Waals surface area contributed by atoms with Crippen molar-refractivity contribution in [1.82, 2.24) is 4.98 Å². The predicted octanol–water partition coefficient (Wildman–Crippen LogP) is 3.98. The largest absolute Gasteiger partial charge is 0.452 e. The van der Waals surface area contributed by atoms with Crippen LogP contribution in [0.3, 0.4) is 0 Å². The minimum atomic E-state index is -0.830. The number of anilines is 2. The van der Waals surface area contributed by atoms with E-state index in [9.17, 15) is 19.2 Å². The molecule has 8 nitrogen and oxygen atoms in total. The molecule has 4 rings (SSSR count). The molecule has 1 aliphatic heterocycles. The molecule has 3 amide bonds. The van der Waals surface area contributed by atoms with Crippen molar-refractivity contribution in [3.63, 3.8) is 0 Å². The van der Waals surface area contributed by atoms with Gasteiger partial charge < -0.3 is 10.1 Å². The Morgan fingerprint density at radius 2 is 1.72 bits per heavy atom. The summed E-state index contributed by atoms with van der Waals surface area (Å²) in [6.07, 6.45) is 1.36. The van der Waals surface area contributed by atoms with E-state index in [0.717, 1.165) is 4.90 Å². The molecule has 0 radical (unpaired) electrons. The first kappa shape index (κ1) is 21.5. The van der Waals surface area contributed by atoms with Crippen molar-refractivity contribution < 1.29 is 23.9 Å².